The summed E-state index contributed by atoms with van der Waals surface area (Å²) in [5, 5.41) is 10.8. The highest BCUT2D eigenvalue weighted by Gasteiger charge is 2.45. The molecule has 0 bridgehead atoms. The molecule has 3 unspecified atom stereocenters. The fraction of sp³-hybridized carbons (Fsp3) is 0.367. The zero-order valence-electron chi connectivity index (χ0n) is 21.9. The molecule has 196 valence electrons. The van der Waals surface area contributed by atoms with Gasteiger partial charge in [-0.05, 0) is 52.3 Å². The van der Waals surface area contributed by atoms with Crippen molar-refractivity contribution in [3.8, 4) is 5.75 Å². The van der Waals surface area contributed by atoms with Crippen LogP contribution in [0.15, 0.2) is 41.4 Å². The van der Waals surface area contributed by atoms with E-state index < -0.39 is 29.2 Å². The fourth-order valence-corrected chi connectivity index (χ4v) is 5.17. The first-order valence-corrected chi connectivity index (χ1v) is 12.8. The Morgan fingerprint density at radius 3 is 2.11 bits per heavy atom. The number of aliphatic imine (C=N–C) groups is 1. The predicted molar refractivity (Wildman–Crippen MR) is 145 cm³/mol. The molecule has 37 heavy (non-hydrogen) atoms. The highest BCUT2D eigenvalue weighted by atomic mass is 31.0. The van der Waals surface area contributed by atoms with Crippen molar-refractivity contribution in [2.75, 3.05) is 0 Å². The second-order valence-electron chi connectivity index (χ2n) is 11.8. The topological polar surface area (TPSA) is 32.6 Å². The summed E-state index contributed by atoms with van der Waals surface area (Å²) in [6.45, 7) is 12.4. The first-order valence-electron chi connectivity index (χ1n) is 12.2. The molecule has 0 saturated heterocycles. The Balaban J connectivity index is 1.73. The first-order chi connectivity index (χ1) is 17.1. The van der Waals surface area contributed by atoms with Gasteiger partial charge in [0.25, 0.3) is 0 Å². The summed E-state index contributed by atoms with van der Waals surface area (Å²) in [6, 6.07) is 11.3. The van der Waals surface area contributed by atoms with Crippen LogP contribution in [-0.2, 0) is 10.8 Å². The number of hydrogen-bond acceptors (Lipinski definition) is 2. The van der Waals surface area contributed by atoms with Gasteiger partial charge in [-0.1, -0.05) is 65.8 Å². The average Bonchev–Trinajstić information content (AvgIpc) is 3.59. The van der Waals surface area contributed by atoms with Crippen molar-refractivity contribution in [2.45, 2.75) is 70.6 Å². The molecule has 0 heterocycles. The predicted octanol–water partition coefficient (Wildman–Crippen LogP) is 8.07. The summed E-state index contributed by atoms with van der Waals surface area (Å²) < 4.78 is 56.4. The molecule has 2 nitrogen and oxygen atoms in total. The van der Waals surface area contributed by atoms with E-state index in [9.17, 15) is 22.7 Å². The van der Waals surface area contributed by atoms with Crippen LogP contribution >= 0.6 is 9.24 Å². The van der Waals surface area contributed by atoms with Crippen LogP contribution in [-0.4, -0.2) is 11.3 Å². The minimum absolute atomic E-state index is 0.144. The minimum Gasteiger partial charge on any atom is -0.507 e. The number of rotatable bonds is 4. The molecule has 7 heteroatoms. The summed E-state index contributed by atoms with van der Waals surface area (Å²) in [4.78, 5) is 4.67. The molecule has 1 aliphatic rings. The quantitative estimate of drug-likeness (QED) is 0.120. The number of hydrogen-bond donors (Lipinski definition) is 1. The molecule has 0 amide bonds. The highest BCUT2D eigenvalue weighted by Crippen LogP contribution is 2.57. The maximum atomic E-state index is 14.6. The van der Waals surface area contributed by atoms with Crippen LogP contribution in [0.2, 0.25) is 0 Å². The maximum absolute atomic E-state index is 14.6. The van der Waals surface area contributed by atoms with E-state index in [-0.39, 0.29) is 33.4 Å². The van der Waals surface area contributed by atoms with Crippen LogP contribution in [0.5, 0.6) is 5.75 Å². The Labute approximate surface area is 218 Å². The normalized spacial score (nSPS) is 18.0. The third kappa shape index (κ3) is 5.18. The van der Waals surface area contributed by atoms with E-state index in [1.807, 2.05) is 60.3 Å². The largest absolute Gasteiger partial charge is 0.507 e. The van der Waals surface area contributed by atoms with Crippen molar-refractivity contribution in [1.29, 1.82) is 0 Å². The molecule has 1 saturated carbocycles. The summed E-state index contributed by atoms with van der Waals surface area (Å²) in [5.41, 5.74) is 3.29. The Morgan fingerprint density at radius 1 is 0.865 bits per heavy atom. The van der Waals surface area contributed by atoms with Crippen LogP contribution < -0.4 is 5.30 Å². The van der Waals surface area contributed by atoms with Gasteiger partial charge in [-0.25, -0.2) is 17.6 Å². The van der Waals surface area contributed by atoms with Gasteiger partial charge in [-0.2, -0.15) is 0 Å². The van der Waals surface area contributed by atoms with Crippen LogP contribution in [0.3, 0.4) is 0 Å². The van der Waals surface area contributed by atoms with Crippen molar-refractivity contribution < 1.29 is 22.7 Å². The van der Waals surface area contributed by atoms with Crippen LogP contribution in [0, 0.1) is 23.3 Å². The van der Waals surface area contributed by atoms with Crippen LogP contribution in [0.1, 0.15) is 87.6 Å². The van der Waals surface area contributed by atoms with Gasteiger partial charge >= 0.3 is 0 Å². The number of phenols is 1. The van der Waals surface area contributed by atoms with E-state index in [2.05, 4.69) is 25.8 Å². The molecule has 3 aromatic rings. The van der Waals surface area contributed by atoms with Gasteiger partial charge in [0.1, 0.15) is 5.75 Å². The van der Waals surface area contributed by atoms with E-state index in [0.717, 1.165) is 16.7 Å². The Hall–Kier alpha value is -2.72. The summed E-state index contributed by atoms with van der Waals surface area (Å²) in [5.74, 6) is -6.90. The van der Waals surface area contributed by atoms with Gasteiger partial charge in [-0.3, -0.25) is 4.99 Å². The van der Waals surface area contributed by atoms with Crippen molar-refractivity contribution in [1.82, 2.24) is 0 Å². The van der Waals surface area contributed by atoms with Gasteiger partial charge in [0, 0.05) is 28.2 Å². The van der Waals surface area contributed by atoms with E-state index in [1.54, 1.807) is 12.3 Å². The van der Waals surface area contributed by atoms with Crippen molar-refractivity contribution in [3.05, 3.63) is 87.5 Å². The van der Waals surface area contributed by atoms with Crippen molar-refractivity contribution >= 4 is 26.4 Å². The van der Waals surface area contributed by atoms with Gasteiger partial charge in [0.2, 0.25) is 0 Å². The van der Waals surface area contributed by atoms with Gasteiger partial charge in [0.15, 0.2) is 23.3 Å². The SMILES string of the molecule is CC(C)(C)c1cc(C=Nc2ccccc2C2CC2c2c(F)c(F)c(F)c(F)c2P)c(O)c(C(C)(C)C)c1. The number of phenolic OH excluding ortho intramolecular Hbond substituents is 1. The molecule has 4 rings (SSSR count). The number of halogens is 4. The zero-order valence-corrected chi connectivity index (χ0v) is 23.0. The lowest BCUT2D eigenvalue weighted by Gasteiger charge is -2.27. The summed E-state index contributed by atoms with van der Waals surface area (Å²) in [6.07, 6.45) is 2.07. The number of aromatic hydroxyl groups is 1. The molecule has 1 aliphatic carbocycles. The molecular weight excluding hydrogens is 497 g/mol. The molecule has 0 radical (unpaired) electrons. The first kappa shape index (κ1) is 27.3. The van der Waals surface area contributed by atoms with E-state index in [4.69, 9.17) is 0 Å². The molecule has 0 spiro atoms. The third-order valence-electron chi connectivity index (χ3n) is 6.99. The van der Waals surface area contributed by atoms with Crippen molar-refractivity contribution in [3.63, 3.8) is 0 Å². The lowest BCUT2D eigenvalue weighted by molar-refractivity contribution is 0.408. The van der Waals surface area contributed by atoms with Gasteiger partial charge in [-0.15, -0.1) is 9.24 Å². The maximum Gasteiger partial charge on any atom is 0.198 e. The lowest BCUT2D eigenvalue weighted by Crippen LogP contribution is -2.17. The number of nitrogens with zero attached hydrogens (tertiary/aromatic N) is 1. The Morgan fingerprint density at radius 2 is 1.49 bits per heavy atom. The molecule has 0 aliphatic heterocycles. The van der Waals surface area contributed by atoms with Crippen molar-refractivity contribution in [2.24, 2.45) is 4.99 Å². The van der Waals surface area contributed by atoms with E-state index >= 15 is 0 Å². The van der Waals surface area contributed by atoms with E-state index in [0.29, 0.717) is 17.7 Å². The second-order valence-corrected chi connectivity index (χ2v) is 12.4. The molecule has 3 atom stereocenters. The third-order valence-corrected chi connectivity index (χ3v) is 7.56. The Kier molecular flexibility index (Phi) is 7.05. The average molecular weight is 530 g/mol. The smallest absolute Gasteiger partial charge is 0.198 e. The fourth-order valence-electron chi connectivity index (χ4n) is 4.70. The highest BCUT2D eigenvalue weighted by molar-refractivity contribution is 7.27. The second kappa shape index (κ2) is 9.54. The Bertz CT molecular complexity index is 1370. The van der Waals surface area contributed by atoms with Gasteiger partial charge in [0.05, 0.1) is 5.69 Å². The zero-order chi connectivity index (χ0) is 27.4. The molecule has 0 aromatic heterocycles. The van der Waals surface area contributed by atoms with Gasteiger partial charge < -0.3 is 5.11 Å². The number of para-hydroxylation sites is 1. The minimum atomic E-state index is -1.81. The van der Waals surface area contributed by atoms with Crippen LogP contribution in [0.25, 0.3) is 0 Å². The molecular formula is C30H32F4NOP. The molecule has 1 N–H and O–H groups in total. The summed E-state index contributed by atoms with van der Waals surface area (Å²) in [7, 11) is 2.00. The monoisotopic (exact) mass is 529 g/mol. The standard InChI is InChI=1S/C30H32F4NOP/c1-29(2,3)16-11-15(27(36)20(12-16)30(4,5)6)14-35-21-10-8-7-9-17(21)18-13-19(18)22-23(31)24(32)25(33)26(34)28(22)37/h7-12,14,18-19,36H,13,37H2,1-6H3. The summed E-state index contributed by atoms with van der Waals surface area (Å²) >= 11 is 0. The van der Waals surface area contributed by atoms with Crippen LogP contribution in [0.4, 0.5) is 23.2 Å². The molecule has 1 fully saturated rings. The van der Waals surface area contributed by atoms with E-state index in [1.165, 1.54) is 0 Å². The number of benzene rings is 3. The molecule has 3 aromatic carbocycles. The lowest BCUT2D eigenvalue weighted by atomic mass is 9.79.